The van der Waals surface area contributed by atoms with Crippen LogP contribution in [0, 0.1) is 12.7 Å². The molecule has 2 rings (SSSR count). The molecule has 0 aliphatic carbocycles. The SMILES string of the molecule is Cc1onc(-c2c(F)cccc2Cl)c1[C]=O. The maximum atomic E-state index is 13.6. The van der Waals surface area contributed by atoms with Crippen molar-refractivity contribution >= 4 is 17.9 Å². The largest absolute Gasteiger partial charge is 0.360 e. The molecule has 1 aromatic heterocycles. The van der Waals surface area contributed by atoms with Crippen molar-refractivity contribution in [3.05, 3.63) is 40.4 Å². The van der Waals surface area contributed by atoms with Gasteiger partial charge in [0.1, 0.15) is 17.3 Å². The maximum Gasteiger partial charge on any atom is 0.239 e. The smallest absolute Gasteiger partial charge is 0.239 e. The lowest BCUT2D eigenvalue weighted by atomic mass is 10.1. The van der Waals surface area contributed by atoms with E-state index in [9.17, 15) is 9.18 Å². The van der Waals surface area contributed by atoms with Gasteiger partial charge in [-0.3, -0.25) is 4.79 Å². The molecule has 2 aromatic rings. The fraction of sp³-hybridized carbons (Fsp3) is 0.0909. The quantitative estimate of drug-likeness (QED) is 0.808. The minimum Gasteiger partial charge on any atom is -0.360 e. The molecule has 0 atom stereocenters. The van der Waals surface area contributed by atoms with E-state index in [-0.39, 0.29) is 27.6 Å². The average molecular weight is 239 g/mol. The van der Waals surface area contributed by atoms with E-state index in [0.29, 0.717) is 0 Å². The van der Waals surface area contributed by atoms with Gasteiger partial charge in [0.25, 0.3) is 0 Å². The van der Waals surface area contributed by atoms with Gasteiger partial charge in [0.15, 0.2) is 0 Å². The number of nitrogens with zero attached hydrogens (tertiary/aromatic N) is 1. The lowest BCUT2D eigenvalue weighted by Crippen LogP contribution is -1.91. The Morgan fingerprint density at radius 3 is 2.88 bits per heavy atom. The predicted molar refractivity (Wildman–Crippen MR) is 56.4 cm³/mol. The molecule has 0 fully saturated rings. The molecule has 1 radical (unpaired) electrons. The number of aromatic nitrogens is 1. The summed E-state index contributed by atoms with van der Waals surface area (Å²) in [4.78, 5) is 10.7. The number of carbonyl (C=O) groups excluding carboxylic acids is 1. The van der Waals surface area contributed by atoms with Crippen LogP contribution in [0.25, 0.3) is 11.3 Å². The second-order valence-electron chi connectivity index (χ2n) is 3.16. The molecule has 0 saturated heterocycles. The number of benzene rings is 1. The van der Waals surface area contributed by atoms with Gasteiger partial charge in [-0.15, -0.1) is 0 Å². The normalized spacial score (nSPS) is 10.4. The van der Waals surface area contributed by atoms with E-state index >= 15 is 0 Å². The molecule has 0 aliphatic rings. The van der Waals surface area contributed by atoms with Gasteiger partial charge < -0.3 is 4.52 Å². The topological polar surface area (TPSA) is 43.1 Å². The first kappa shape index (κ1) is 10.8. The van der Waals surface area contributed by atoms with E-state index in [4.69, 9.17) is 16.1 Å². The van der Waals surface area contributed by atoms with Crippen molar-refractivity contribution < 1.29 is 13.7 Å². The molecular formula is C11H6ClFNO2. The fourth-order valence-electron chi connectivity index (χ4n) is 1.39. The van der Waals surface area contributed by atoms with Crippen molar-refractivity contribution in [1.82, 2.24) is 5.16 Å². The van der Waals surface area contributed by atoms with Crippen molar-refractivity contribution in [1.29, 1.82) is 0 Å². The third-order valence-electron chi connectivity index (χ3n) is 2.16. The van der Waals surface area contributed by atoms with E-state index in [0.717, 1.165) is 0 Å². The highest BCUT2D eigenvalue weighted by Gasteiger charge is 2.20. The zero-order valence-electron chi connectivity index (χ0n) is 8.25. The third kappa shape index (κ3) is 1.61. The van der Waals surface area contributed by atoms with Crippen molar-refractivity contribution in [2.45, 2.75) is 6.92 Å². The second-order valence-corrected chi connectivity index (χ2v) is 3.57. The van der Waals surface area contributed by atoms with E-state index in [1.165, 1.54) is 18.2 Å². The Morgan fingerprint density at radius 1 is 1.50 bits per heavy atom. The van der Waals surface area contributed by atoms with Gasteiger partial charge in [-0.2, -0.15) is 0 Å². The Kier molecular flexibility index (Phi) is 2.75. The van der Waals surface area contributed by atoms with Crippen molar-refractivity contribution in [2.24, 2.45) is 0 Å². The zero-order chi connectivity index (χ0) is 11.7. The predicted octanol–water partition coefficient (Wildman–Crippen LogP) is 2.90. The van der Waals surface area contributed by atoms with Gasteiger partial charge in [0.2, 0.25) is 6.29 Å². The van der Waals surface area contributed by atoms with Crippen LogP contribution in [0.5, 0.6) is 0 Å². The first-order chi connectivity index (χ1) is 7.65. The summed E-state index contributed by atoms with van der Waals surface area (Å²) in [5, 5.41) is 3.79. The van der Waals surface area contributed by atoms with Crippen LogP contribution in [0.1, 0.15) is 11.3 Å². The third-order valence-corrected chi connectivity index (χ3v) is 2.48. The highest BCUT2D eigenvalue weighted by Crippen LogP contribution is 2.32. The molecule has 0 spiro atoms. The van der Waals surface area contributed by atoms with E-state index in [1.807, 2.05) is 0 Å². The summed E-state index contributed by atoms with van der Waals surface area (Å²) in [6, 6.07) is 4.22. The van der Waals surface area contributed by atoms with Crippen LogP contribution in [0.3, 0.4) is 0 Å². The molecule has 16 heavy (non-hydrogen) atoms. The minimum absolute atomic E-state index is 0.0550. The Labute approximate surface area is 95.8 Å². The molecular weight excluding hydrogens is 233 g/mol. The Morgan fingerprint density at radius 2 is 2.25 bits per heavy atom. The summed E-state index contributed by atoms with van der Waals surface area (Å²) in [5.74, 6) is -0.276. The van der Waals surface area contributed by atoms with Crippen LogP contribution < -0.4 is 0 Å². The summed E-state index contributed by atoms with van der Waals surface area (Å²) in [6.45, 7) is 1.55. The van der Waals surface area contributed by atoms with Crippen LogP contribution in [0.15, 0.2) is 22.7 Å². The first-order valence-electron chi connectivity index (χ1n) is 4.44. The highest BCUT2D eigenvalue weighted by atomic mass is 35.5. The standard InChI is InChI=1S/C11H6ClFNO2/c1-6-7(5-15)11(14-16-6)10-8(12)3-2-4-9(10)13/h2-4H,1H3. The second kappa shape index (κ2) is 4.06. The summed E-state index contributed by atoms with van der Waals surface area (Å²) in [5.41, 5.74) is 0.224. The Bertz CT molecular complexity index is 531. The van der Waals surface area contributed by atoms with E-state index in [1.54, 1.807) is 13.2 Å². The number of rotatable bonds is 2. The van der Waals surface area contributed by atoms with Crippen molar-refractivity contribution in [2.75, 3.05) is 0 Å². The highest BCUT2D eigenvalue weighted by molar-refractivity contribution is 6.33. The molecule has 1 aromatic carbocycles. The average Bonchev–Trinajstić information content (AvgIpc) is 2.59. The molecule has 0 unspecified atom stereocenters. The van der Waals surface area contributed by atoms with Crippen LogP contribution in [0.2, 0.25) is 5.02 Å². The molecule has 0 aliphatic heterocycles. The van der Waals surface area contributed by atoms with Gasteiger partial charge in [-0.05, 0) is 19.1 Å². The molecule has 81 valence electrons. The van der Waals surface area contributed by atoms with Crippen molar-refractivity contribution in [3.8, 4) is 11.3 Å². The lowest BCUT2D eigenvalue weighted by molar-refractivity contribution is 0.399. The number of hydrogen-bond donors (Lipinski definition) is 0. The molecule has 0 bridgehead atoms. The maximum absolute atomic E-state index is 13.6. The summed E-state index contributed by atoms with van der Waals surface area (Å²) in [6.07, 6.45) is 1.67. The number of halogens is 2. The molecule has 0 N–H and O–H groups in total. The van der Waals surface area contributed by atoms with Gasteiger partial charge in [-0.25, -0.2) is 4.39 Å². The number of aryl methyl sites for hydroxylation is 1. The van der Waals surface area contributed by atoms with Crippen molar-refractivity contribution in [3.63, 3.8) is 0 Å². The van der Waals surface area contributed by atoms with Crippen LogP contribution in [-0.2, 0) is 4.79 Å². The van der Waals surface area contributed by atoms with Gasteiger partial charge >= 0.3 is 0 Å². The molecule has 5 heteroatoms. The van der Waals surface area contributed by atoms with E-state index in [2.05, 4.69) is 5.16 Å². The minimum atomic E-state index is -0.558. The van der Waals surface area contributed by atoms with Gasteiger partial charge in [0, 0.05) is 0 Å². The van der Waals surface area contributed by atoms with Crippen LogP contribution in [-0.4, -0.2) is 11.4 Å². The lowest BCUT2D eigenvalue weighted by Gasteiger charge is -2.01. The first-order valence-corrected chi connectivity index (χ1v) is 4.81. The Balaban J connectivity index is 2.72. The summed E-state index contributed by atoms with van der Waals surface area (Å²) >= 11 is 5.85. The van der Waals surface area contributed by atoms with E-state index < -0.39 is 5.82 Å². The monoisotopic (exact) mass is 238 g/mol. The summed E-state index contributed by atoms with van der Waals surface area (Å²) < 4.78 is 18.4. The zero-order valence-corrected chi connectivity index (χ0v) is 9.01. The summed E-state index contributed by atoms with van der Waals surface area (Å²) in [7, 11) is 0. The molecule has 0 amide bonds. The van der Waals surface area contributed by atoms with Gasteiger partial charge in [0.05, 0.1) is 16.1 Å². The number of hydrogen-bond acceptors (Lipinski definition) is 3. The van der Waals surface area contributed by atoms with Crippen LogP contribution in [0.4, 0.5) is 4.39 Å². The fourth-order valence-corrected chi connectivity index (χ4v) is 1.64. The molecule has 3 nitrogen and oxygen atoms in total. The molecule has 1 heterocycles. The molecule has 0 saturated carbocycles. The van der Waals surface area contributed by atoms with Gasteiger partial charge in [-0.1, -0.05) is 22.8 Å². The Hall–Kier alpha value is -1.68. The van der Waals surface area contributed by atoms with Crippen LogP contribution >= 0.6 is 11.6 Å².